The Kier molecular flexibility index (Phi) is 6.36. The summed E-state index contributed by atoms with van der Waals surface area (Å²) in [5.74, 6) is 2.34. The first kappa shape index (κ1) is 28.1. The average molecular weight is 648 g/mol. The van der Waals surface area contributed by atoms with E-state index in [0.717, 1.165) is 50.9 Å². The molecular formula is C44H29N3OS. The summed E-state index contributed by atoms with van der Waals surface area (Å²) in [5, 5.41) is 4.81. The minimum Gasteiger partial charge on any atom is -0.456 e. The molecular weight excluding hydrogens is 619 g/mol. The molecule has 1 aliphatic carbocycles. The van der Waals surface area contributed by atoms with Crippen molar-refractivity contribution in [2.75, 3.05) is 0 Å². The van der Waals surface area contributed by atoms with E-state index in [1.807, 2.05) is 30.3 Å². The summed E-state index contributed by atoms with van der Waals surface area (Å²) in [5.41, 5.74) is 9.90. The zero-order valence-corrected chi connectivity index (χ0v) is 27.5. The van der Waals surface area contributed by atoms with Gasteiger partial charge in [-0.1, -0.05) is 116 Å². The Morgan fingerprint density at radius 1 is 0.592 bits per heavy atom. The van der Waals surface area contributed by atoms with Crippen molar-refractivity contribution in [3.05, 3.63) is 150 Å². The molecule has 3 heterocycles. The lowest BCUT2D eigenvalue weighted by Gasteiger charge is -2.23. The lowest BCUT2D eigenvalue weighted by molar-refractivity contribution is 0.669. The maximum atomic E-state index is 6.20. The molecule has 10 rings (SSSR count). The zero-order valence-electron chi connectivity index (χ0n) is 26.7. The number of rotatable bonds is 4. The van der Waals surface area contributed by atoms with E-state index in [2.05, 4.69) is 116 Å². The molecule has 0 spiro atoms. The first-order valence-corrected chi connectivity index (χ1v) is 17.5. The number of para-hydroxylation sites is 1. The summed E-state index contributed by atoms with van der Waals surface area (Å²) in [4.78, 5) is 15.4. The summed E-state index contributed by atoms with van der Waals surface area (Å²) in [6.07, 6.45) is 3.18. The molecule has 232 valence electrons. The van der Waals surface area contributed by atoms with Crippen LogP contribution in [-0.4, -0.2) is 15.0 Å². The Hall–Kier alpha value is -5.91. The van der Waals surface area contributed by atoms with Crippen molar-refractivity contribution in [1.82, 2.24) is 15.0 Å². The minimum atomic E-state index is 0.215. The third-order valence-corrected chi connectivity index (χ3v) is 11.0. The number of benzene rings is 6. The molecule has 0 radical (unpaired) electrons. The number of hydrogen-bond acceptors (Lipinski definition) is 5. The van der Waals surface area contributed by atoms with Gasteiger partial charge < -0.3 is 4.42 Å². The first-order chi connectivity index (χ1) is 24.2. The van der Waals surface area contributed by atoms with Gasteiger partial charge in [-0.3, -0.25) is 0 Å². The van der Waals surface area contributed by atoms with Gasteiger partial charge in [-0.2, -0.15) is 0 Å². The number of furan rings is 1. The Bertz CT molecular complexity index is 2770. The van der Waals surface area contributed by atoms with Gasteiger partial charge in [0.1, 0.15) is 11.2 Å². The van der Waals surface area contributed by atoms with Crippen LogP contribution in [0.15, 0.2) is 138 Å². The lowest BCUT2D eigenvalue weighted by Crippen LogP contribution is -2.13. The number of nitrogens with zero attached hydrogens (tertiary/aromatic N) is 3. The van der Waals surface area contributed by atoms with Crippen LogP contribution in [0.5, 0.6) is 0 Å². The van der Waals surface area contributed by atoms with Crippen LogP contribution in [0, 0.1) is 5.92 Å². The highest BCUT2D eigenvalue weighted by Gasteiger charge is 2.24. The topological polar surface area (TPSA) is 51.8 Å². The van der Waals surface area contributed by atoms with Crippen molar-refractivity contribution in [3.63, 3.8) is 0 Å². The van der Waals surface area contributed by atoms with E-state index < -0.39 is 0 Å². The highest BCUT2D eigenvalue weighted by atomic mass is 32.1. The smallest absolute Gasteiger partial charge is 0.165 e. The summed E-state index contributed by atoms with van der Waals surface area (Å²) in [6.45, 7) is 2.28. The second kappa shape index (κ2) is 11.1. The van der Waals surface area contributed by atoms with Crippen LogP contribution in [0.3, 0.4) is 0 Å². The van der Waals surface area contributed by atoms with Gasteiger partial charge in [0, 0.05) is 47.6 Å². The summed E-state index contributed by atoms with van der Waals surface area (Å²) >= 11 is 1.80. The molecule has 0 saturated carbocycles. The van der Waals surface area contributed by atoms with Gasteiger partial charge >= 0.3 is 0 Å². The van der Waals surface area contributed by atoms with E-state index in [-0.39, 0.29) is 5.92 Å². The number of allylic oxidation sites excluding steroid dienone is 1. The van der Waals surface area contributed by atoms with E-state index >= 15 is 0 Å². The fourth-order valence-electron chi connectivity index (χ4n) is 7.41. The molecule has 1 aliphatic rings. The van der Waals surface area contributed by atoms with Crippen molar-refractivity contribution < 1.29 is 4.42 Å². The van der Waals surface area contributed by atoms with Crippen molar-refractivity contribution in [3.8, 4) is 33.9 Å². The number of fused-ring (bicyclic) bond motifs is 7. The van der Waals surface area contributed by atoms with Crippen molar-refractivity contribution >= 4 is 65.1 Å². The predicted octanol–water partition coefficient (Wildman–Crippen LogP) is 11.9. The largest absolute Gasteiger partial charge is 0.456 e. The van der Waals surface area contributed by atoms with Gasteiger partial charge in [-0.05, 0) is 64.9 Å². The fourth-order valence-corrected chi connectivity index (χ4v) is 8.62. The van der Waals surface area contributed by atoms with E-state index in [9.17, 15) is 0 Å². The molecule has 1 atom stereocenters. The molecule has 1 unspecified atom stereocenters. The Morgan fingerprint density at radius 2 is 1.31 bits per heavy atom. The zero-order chi connectivity index (χ0) is 32.5. The Labute approximate surface area is 287 Å². The fraction of sp³-hybridized carbons (Fsp3) is 0.0682. The van der Waals surface area contributed by atoms with Gasteiger partial charge in [-0.25, -0.2) is 15.0 Å². The van der Waals surface area contributed by atoms with Gasteiger partial charge in [0.15, 0.2) is 17.5 Å². The highest BCUT2D eigenvalue weighted by Crippen LogP contribution is 2.42. The molecule has 0 amide bonds. The third-order valence-electron chi connectivity index (χ3n) is 9.80. The summed E-state index contributed by atoms with van der Waals surface area (Å²) in [6, 6.07) is 46.8. The van der Waals surface area contributed by atoms with Crippen molar-refractivity contribution in [1.29, 1.82) is 0 Å². The molecule has 4 nitrogen and oxygen atoms in total. The van der Waals surface area contributed by atoms with Crippen LogP contribution >= 0.6 is 11.3 Å². The molecule has 0 N–H and O–H groups in total. The molecule has 5 heteroatoms. The van der Waals surface area contributed by atoms with Crippen LogP contribution in [0.1, 0.15) is 23.9 Å². The molecule has 3 aromatic heterocycles. The van der Waals surface area contributed by atoms with Crippen LogP contribution in [0.2, 0.25) is 0 Å². The van der Waals surface area contributed by atoms with Crippen LogP contribution in [0.25, 0.3) is 87.7 Å². The van der Waals surface area contributed by atoms with Gasteiger partial charge in [-0.15, -0.1) is 11.3 Å². The molecule has 9 aromatic rings. The highest BCUT2D eigenvalue weighted by molar-refractivity contribution is 7.26. The van der Waals surface area contributed by atoms with E-state index in [4.69, 9.17) is 19.4 Å². The molecule has 6 aromatic carbocycles. The number of hydrogen-bond donors (Lipinski definition) is 0. The van der Waals surface area contributed by atoms with E-state index in [0.29, 0.717) is 11.6 Å². The van der Waals surface area contributed by atoms with Gasteiger partial charge in [0.2, 0.25) is 0 Å². The van der Waals surface area contributed by atoms with Crippen molar-refractivity contribution in [2.24, 2.45) is 5.92 Å². The molecule has 0 bridgehead atoms. The third kappa shape index (κ3) is 4.61. The molecule has 49 heavy (non-hydrogen) atoms. The van der Waals surface area contributed by atoms with Crippen LogP contribution in [0.4, 0.5) is 0 Å². The minimum absolute atomic E-state index is 0.215. The second-order valence-corrected chi connectivity index (χ2v) is 13.9. The SMILES string of the molecule is CC1Cc2cc(-c3cccc4oc5ccccc5c34)ccc2C=C1c1nc(-c2ccccc2)nc(-c2cccc3c2sc2ccccc23)n1. The Morgan fingerprint density at radius 3 is 2.22 bits per heavy atom. The Balaban J connectivity index is 1.12. The molecule has 0 saturated heterocycles. The quantitative estimate of drug-likeness (QED) is 0.191. The summed E-state index contributed by atoms with van der Waals surface area (Å²) < 4.78 is 8.66. The van der Waals surface area contributed by atoms with E-state index in [1.165, 1.54) is 42.4 Å². The second-order valence-electron chi connectivity index (χ2n) is 12.8. The van der Waals surface area contributed by atoms with E-state index in [1.54, 1.807) is 11.3 Å². The first-order valence-electron chi connectivity index (χ1n) is 16.7. The maximum absolute atomic E-state index is 6.20. The van der Waals surface area contributed by atoms with Gasteiger partial charge in [0.05, 0.1) is 0 Å². The lowest BCUT2D eigenvalue weighted by atomic mass is 9.82. The van der Waals surface area contributed by atoms with Crippen LogP contribution < -0.4 is 0 Å². The standard InChI is InChI=1S/C44H29N3OS/c1-26-23-30-24-29(31-15-10-19-38-40(31)34-14-5-7-18-37(34)48-38)22-21-28(30)25-36(26)44-46-42(27-11-3-2-4-12-27)45-43(47-44)35-17-9-16-33-32-13-6-8-20-39(32)49-41(33)35/h2-22,24-26H,23H2,1H3. The molecule has 0 aliphatic heterocycles. The van der Waals surface area contributed by atoms with Crippen molar-refractivity contribution in [2.45, 2.75) is 13.3 Å². The average Bonchev–Trinajstić information content (AvgIpc) is 3.73. The normalized spacial score (nSPS) is 14.5. The predicted molar refractivity (Wildman–Crippen MR) is 203 cm³/mol. The van der Waals surface area contributed by atoms with Crippen LogP contribution in [-0.2, 0) is 6.42 Å². The maximum Gasteiger partial charge on any atom is 0.165 e. The monoisotopic (exact) mass is 647 g/mol. The van der Waals surface area contributed by atoms with Gasteiger partial charge in [0.25, 0.3) is 0 Å². The number of thiophene rings is 1. The summed E-state index contributed by atoms with van der Waals surface area (Å²) in [7, 11) is 0. The number of aromatic nitrogens is 3. The molecule has 0 fully saturated rings.